The molecule has 2 aromatic rings. The largest absolute Gasteiger partial charge is 0.378 e. The van der Waals surface area contributed by atoms with E-state index in [1.165, 1.54) is 5.39 Å². The molecular formula is C14H19IN4O. The van der Waals surface area contributed by atoms with Gasteiger partial charge in [-0.05, 0) is 17.5 Å². The number of nitrogens with two attached hydrogens (primary N) is 1. The van der Waals surface area contributed by atoms with Crippen molar-refractivity contribution in [1.29, 1.82) is 0 Å². The van der Waals surface area contributed by atoms with E-state index in [1.807, 2.05) is 12.1 Å². The van der Waals surface area contributed by atoms with Crippen molar-refractivity contribution in [3.8, 4) is 0 Å². The lowest BCUT2D eigenvalue weighted by molar-refractivity contribution is 0.0674. The molecule has 5 nitrogen and oxygen atoms in total. The number of aromatic nitrogens is 1. The molecule has 1 aliphatic rings. The number of aromatic amines is 1. The van der Waals surface area contributed by atoms with Crippen LogP contribution in [0.1, 0.15) is 5.69 Å². The topological polar surface area (TPSA) is 66.6 Å². The first kappa shape index (κ1) is 15.1. The Hall–Kier alpha value is -1.28. The molecule has 1 aromatic carbocycles. The number of H-pyrrole nitrogens is 1. The maximum absolute atomic E-state index is 6.00. The molecule has 0 saturated carbocycles. The quantitative estimate of drug-likeness (QED) is 0.471. The molecule has 20 heavy (non-hydrogen) atoms. The van der Waals surface area contributed by atoms with E-state index < -0.39 is 0 Å². The zero-order valence-electron chi connectivity index (χ0n) is 11.2. The smallest absolute Gasteiger partial charge is 0.191 e. The molecule has 3 N–H and O–H groups in total. The zero-order valence-corrected chi connectivity index (χ0v) is 13.5. The Labute approximate surface area is 135 Å². The SMILES string of the molecule is I.NC(=NCc1cc2ccccc2[nH]1)N1CCOCC1. The van der Waals surface area contributed by atoms with Crippen LogP contribution in [-0.4, -0.2) is 42.1 Å². The van der Waals surface area contributed by atoms with Gasteiger partial charge in [0.15, 0.2) is 5.96 Å². The maximum atomic E-state index is 6.00. The number of guanidine groups is 1. The zero-order chi connectivity index (χ0) is 13.1. The van der Waals surface area contributed by atoms with Gasteiger partial charge in [-0.1, -0.05) is 18.2 Å². The Morgan fingerprint density at radius 2 is 2.05 bits per heavy atom. The normalized spacial score (nSPS) is 16.2. The van der Waals surface area contributed by atoms with Crippen LogP contribution in [-0.2, 0) is 11.3 Å². The second-order valence-corrected chi connectivity index (χ2v) is 4.66. The molecule has 2 heterocycles. The maximum Gasteiger partial charge on any atom is 0.191 e. The number of halogens is 1. The fourth-order valence-corrected chi connectivity index (χ4v) is 2.28. The minimum absolute atomic E-state index is 0. The van der Waals surface area contributed by atoms with Gasteiger partial charge in [0.2, 0.25) is 0 Å². The van der Waals surface area contributed by atoms with Crippen LogP contribution < -0.4 is 5.73 Å². The third-order valence-electron chi connectivity index (χ3n) is 3.33. The number of nitrogens with one attached hydrogen (secondary N) is 1. The van der Waals surface area contributed by atoms with Crippen molar-refractivity contribution in [2.24, 2.45) is 10.7 Å². The Morgan fingerprint density at radius 3 is 2.80 bits per heavy atom. The van der Waals surface area contributed by atoms with Crippen molar-refractivity contribution in [2.45, 2.75) is 6.54 Å². The van der Waals surface area contributed by atoms with Crippen molar-refractivity contribution >= 4 is 40.8 Å². The highest BCUT2D eigenvalue weighted by atomic mass is 127. The van der Waals surface area contributed by atoms with Gasteiger partial charge in [-0.3, -0.25) is 0 Å². The minimum Gasteiger partial charge on any atom is -0.378 e. The lowest BCUT2D eigenvalue weighted by Gasteiger charge is -2.27. The van der Waals surface area contributed by atoms with Gasteiger partial charge in [0, 0.05) is 24.3 Å². The number of para-hydroxylation sites is 1. The number of aliphatic imine (C=N–C) groups is 1. The first-order chi connectivity index (χ1) is 9.33. The van der Waals surface area contributed by atoms with Gasteiger partial charge in [-0.2, -0.15) is 0 Å². The Morgan fingerprint density at radius 1 is 1.30 bits per heavy atom. The summed E-state index contributed by atoms with van der Waals surface area (Å²) in [6, 6.07) is 10.3. The average molecular weight is 386 g/mol. The lowest BCUT2D eigenvalue weighted by atomic mass is 10.2. The van der Waals surface area contributed by atoms with Crippen LogP contribution in [0.15, 0.2) is 35.3 Å². The molecule has 1 saturated heterocycles. The van der Waals surface area contributed by atoms with Crippen LogP contribution >= 0.6 is 24.0 Å². The second-order valence-electron chi connectivity index (χ2n) is 4.66. The highest BCUT2D eigenvalue weighted by Gasteiger charge is 2.11. The van der Waals surface area contributed by atoms with Gasteiger partial charge in [-0.25, -0.2) is 4.99 Å². The summed E-state index contributed by atoms with van der Waals surface area (Å²) in [6.07, 6.45) is 0. The predicted octanol–water partition coefficient (Wildman–Crippen LogP) is 1.93. The van der Waals surface area contributed by atoms with Crippen molar-refractivity contribution in [1.82, 2.24) is 9.88 Å². The van der Waals surface area contributed by atoms with Gasteiger partial charge in [0.25, 0.3) is 0 Å². The van der Waals surface area contributed by atoms with E-state index >= 15 is 0 Å². The number of nitrogens with zero attached hydrogens (tertiary/aromatic N) is 2. The van der Waals surface area contributed by atoms with Crippen LogP contribution in [0.2, 0.25) is 0 Å². The molecule has 1 fully saturated rings. The molecule has 0 aliphatic carbocycles. The number of fused-ring (bicyclic) bond motifs is 1. The number of benzene rings is 1. The van der Waals surface area contributed by atoms with Crippen LogP contribution in [0.5, 0.6) is 0 Å². The molecule has 0 amide bonds. The second kappa shape index (κ2) is 6.94. The standard InChI is InChI=1S/C14H18N4O.HI/c15-14(18-5-7-19-8-6-18)16-10-12-9-11-3-1-2-4-13(11)17-12;/h1-4,9,17H,5-8,10H2,(H2,15,16);1H. The molecule has 0 unspecified atom stereocenters. The molecular weight excluding hydrogens is 367 g/mol. The van der Waals surface area contributed by atoms with E-state index in [1.54, 1.807) is 0 Å². The van der Waals surface area contributed by atoms with Gasteiger partial charge in [-0.15, -0.1) is 24.0 Å². The van der Waals surface area contributed by atoms with Crippen molar-refractivity contribution in [2.75, 3.05) is 26.3 Å². The number of ether oxygens (including phenoxy) is 1. The molecule has 6 heteroatoms. The van der Waals surface area contributed by atoms with E-state index in [9.17, 15) is 0 Å². The van der Waals surface area contributed by atoms with Crippen LogP contribution in [0, 0.1) is 0 Å². The molecule has 0 spiro atoms. The lowest BCUT2D eigenvalue weighted by Crippen LogP contribution is -2.44. The van der Waals surface area contributed by atoms with Gasteiger partial charge in [0.1, 0.15) is 0 Å². The first-order valence-electron chi connectivity index (χ1n) is 6.52. The molecule has 0 atom stereocenters. The molecule has 1 aromatic heterocycles. The van der Waals surface area contributed by atoms with Crippen LogP contribution in [0.4, 0.5) is 0 Å². The summed E-state index contributed by atoms with van der Waals surface area (Å²) >= 11 is 0. The van der Waals surface area contributed by atoms with Crippen LogP contribution in [0.3, 0.4) is 0 Å². The third-order valence-corrected chi connectivity index (χ3v) is 3.33. The van der Waals surface area contributed by atoms with E-state index in [0.29, 0.717) is 12.5 Å². The summed E-state index contributed by atoms with van der Waals surface area (Å²) in [5.41, 5.74) is 8.21. The fraction of sp³-hybridized carbons (Fsp3) is 0.357. The average Bonchev–Trinajstić information content (AvgIpc) is 2.88. The van der Waals surface area contributed by atoms with E-state index in [4.69, 9.17) is 10.5 Å². The van der Waals surface area contributed by atoms with E-state index in [0.717, 1.165) is 37.5 Å². The van der Waals surface area contributed by atoms with Gasteiger partial charge in [0.05, 0.1) is 19.8 Å². The Balaban J connectivity index is 0.00000147. The molecule has 0 radical (unpaired) electrons. The highest BCUT2D eigenvalue weighted by Crippen LogP contribution is 2.15. The van der Waals surface area contributed by atoms with Crippen molar-refractivity contribution < 1.29 is 4.74 Å². The number of rotatable bonds is 2. The highest BCUT2D eigenvalue weighted by molar-refractivity contribution is 14.0. The molecule has 0 bridgehead atoms. The Bertz CT molecular complexity index is 557. The third kappa shape index (κ3) is 3.43. The monoisotopic (exact) mass is 386 g/mol. The molecule has 3 rings (SSSR count). The summed E-state index contributed by atoms with van der Waals surface area (Å²) in [5, 5.41) is 1.21. The molecule has 108 valence electrons. The first-order valence-corrected chi connectivity index (χ1v) is 6.52. The fourth-order valence-electron chi connectivity index (χ4n) is 2.28. The summed E-state index contributed by atoms with van der Waals surface area (Å²) in [7, 11) is 0. The number of hydrogen-bond donors (Lipinski definition) is 2. The summed E-state index contributed by atoms with van der Waals surface area (Å²) in [6.45, 7) is 3.67. The predicted molar refractivity (Wildman–Crippen MR) is 91.4 cm³/mol. The van der Waals surface area contributed by atoms with E-state index in [-0.39, 0.29) is 24.0 Å². The number of hydrogen-bond acceptors (Lipinski definition) is 2. The molecule has 1 aliphatic heterocycles. The summed E-state index contributed by atoms with van der Waals surface area (Å²) in [5.74, 6) is 0.599. The number of morpholine rings is 1. The Kier molecular flexibility index (Phi) is 5.24. The summed E-state index contributed by atoms with van der Waals surface area (Å²) < 4.78 is 5.29. The van der Waals surface area contributed by atoms with Gasteiger partial charge < -0.3 is 20.4 Å². The van der Waals surface area contributed by atoms with Gasteiger partial charge >= 0.3 is 0 Å². The van der Waals surface area contributed by atoms with Crippen molar-refractivity contribution in [3.63, 3.8) is 0 Å². The van der Waals surface area contributed by atoms with E-state index in [2.05, 4.69) is 33.1 Å². The van der Waals surface area contributed by atoms with Crippen molar-refractivity contribution in [3.05, 3.63) is 36.0 Å². The minimum atomic E-state index is 0. The van der Waals surface area contributed by atoms with Crippen LogP contribution in [0.25, 0.3) is 10.9 Å². The summed E-state index contributed by atoms with van der Waals surface area (Å²) in [4.78, 5) is 9.86.